The molecule has 0 spiro atoms. The maximum atomic E-state index is 12.6. The van der Waals surface area contributed by atoms with Gasteiger partial charge in [0.2, 0.25) is 5.91 Å². The molecule has 1 heterocycles. The monoisotopic (exact) mass is 354 g/mol. The van der Waals surface area contributed by atoms with Gasteiger partial charge in [0.1, 0.15) is 0 Å². The highest BCUT2D eigenvalue weighted by Gasteiger charge is 2.46. The molecule has 1 saturated heterocycles. The summed E-state index contributed by atoms with van der Waals surface area (Å²) in [4.78, 5) is 18.2. The zero-order chi connectivity index (χ0) is 19.4. The Morgan fingerprint density at radius 2 is 1.56 bits per heavy atom. The predicted octanol–water partition coefficient (Wildman–Crippen LogP) is 4.78. The van der Waals surface area contributed by atoms with Crippen LogP contribution in [0.2, 0.25) is 0 Å². The lowest BCUT2D eigenvalue weighted by Crippen LogP contribution is -2.63. The van der Waals surface area contributed by atoms with E-state index in [0.29, 0.717) is 18.3 Å². The normalized spacial score (nSPS) is 23.4. The Balaban J connectivity index is 2.57. The van der Waals surface area contributed by atoms with Crippen molar-refractivity contribution in [3.8, 4) is 0 Å². The number of carbonyl (C=O) groups excluding carboxylic acids is 1. The lowest BCUT2D eigenvalue weighted by atomic mass is 9.78. The number of hydroxylamine groups is 2. The van der Waals surface area contributed by atoms with E-state index in [9.17, 15) is 4.79 Å². The van der Waals surface area contributed by atoms with E-state index in [2.05, 4.69) is 65.8 Å². The summed E-state index contributed by atoms with van der Waals surface area (Å²) in [5.41, 5.74) is -0.185. The van der Waals surface area contributed by atoms with E-state index in [1.807, 2.05) is 0 Å². The Bertz CT molecular complexity index is 414. The number of amides is 1. The molecule has 2 unspecified atom stereocenters. The highest BCUT2D eigenvalue weighted by atomic mass is 16.7. The van der Waals surface area contributed by atoms with Crippen molar-refractivity contribution < 1.29 is 9.63 Å². The van der Waals surface area contributed by atoms with E-state index in [0.717, 1.165) is 18.8 Å². The Morgan fingerprint density at radius 3 is 2.00 bits per heavy atom. The summed E-state index contributed by atoms with van der Waals surface area (Å²) < 4.78 is 0. The number of carbonyl (C=O) groups is 1. The summed E-state index contributed by atoms with van der Waals surface area (Å²) in [6.07, 6.45) is 4.90. The summed E-state index contributed by atoms with van der Waals surface area (Å²) in [6.45, 7) is 17.8. The number of rotatable bonds is 8. The van der Waals surface area contributed by atoms with Crippen molar-refractivity contribution >= 4 is 5.91 Å². The van der Waals surface area contributed by atoms with Crippen molar-refractivity contribution in [2.75, 3.05) is 7.11 Å². The molecule has 1 N–H and O–H groups in total. The molecule has 0 aromatic carbocycles. The molecule has 1 amide bonds. The average molecular weight is 355 g/mol. The van der Waals surface area contributed by atoms with Crippen molar-refractivity contribution in [2.24, 2.45) is 17.8 Å². The molecule has 1 rings (SSSR count). The van der Waals surface area contributed by atoms with E-state index in [1.165, 1.54) is 12.8 Å². The zero-order valence-corrected chi connectivity index (χ0v) is 18.1. The fraction of sp³-hybridized carbons (Fsp3) is 0.952. The van der Waals surface area contributed by atoms with Crippen LogP contribution in [0.25, 0.3) is 0 Å². The van der Waals surface area contributed by atoms with Gasteiger partial charge in [-0.15, -0.1) is 0 Å². The number of hydrogen-bond acceptors (Lipinski definition) is 3. The largest absolute Gasteiger partial charge is 0.353 e. The Labute approximate surface area is 156 Å². The van der Waals surface area contributed by atoms with Gasteiger partial charge in [-0.25, -0.2) is 0 Å². The minimum absolute atomic E-state index is 0.0926. The van der Waals surface area contributed by atoms with Crippen LogP contribution >= 0.6 is 0 Å². The molecule has 0 bridgehead atoms. The Morgan fingerprint density at radius 1 is 1.04 bits per heavy atom. The molecule has 4 nitrogen and oxygen atoms in total. The third-order valence-corrected chi connectivity index (χ3v) is 5.82. The lowest BCUT2D eigenvalue weighted by molar-refractivity contribution is -0.267. The third kappa shape index (κ3) is 6.56. The summed E-state index contributed by atoms with van der Waals surface area (Å²) in [5.74, 6) is 1.96. The molecule has 1 aliphatic heterocycles. The van der Waals surface area contributed by atoms with Gasteiger partial charge >= 0.3 is 0 Å². The summed E-state index contributed by atoms with van der Waals surface area (Å²) in [6, 6.07) is 0.210. The minimum Gasteiger partial charge on any atom is -0.353 e. The molecule has 4 heteroatoms. The zero-order valence-electron chi connectivity index (χ0n) is 18.1. The fourth-order valence-electron chi connectivity index (χ4n) is 4.52. The van der Waals surface area contributed by atoms with Crippen LogP contribution in [0.1, 0.15) is 87.5 Å². The first kappa shape index (κ1) is 22.4. The quantitative estimate of drug-likeness (QED) is 0.682. The van der Waals surface area contributed by atoms with Crippen LogP contribution in [0.3, 0.4) is 0 Å². The SMILES string of the molecule is CON1C(C)(C)CC(NC(=O)CC(C)C(C)CCC(C)C)CC1(C)C. The second-order valence-corrected chi connectivity index (χ2v) is 9.90. The van der Waals surface area contributed by atoms with Gasteiger partial charge in [-0.3, -0.25) is 4.79 Å². The second-order valence-electron chi connectivity index (χ2n) is 9.90. The molecule has 1 fully saturated rings. The summed E-state index contributed by atoms with van der Waals surface area (Å²) in [5, 5.41) is 5.39. The van der Waals surface area contributed by atoms with Crippen LogP contribution < -0.4 is 5.32 Å². The van der Waals surface area contributed by atoms with Gasteiger partial charge in [0.25, 0.3) is 0 Å². The van der Waals surface area contributed by atoms with Crippen molar-refractivity contribution in [2.45, 2.75) is 105 Å². The number of hydrogen-bond donors (Lipinski definition) is 1. The van der Waals surface area contributed by atoms with Crippen LogP contribution in [0.5, 0.6) is 0 Å². The maximum absolute atomic E-state index is 12.6. The molecular formula is C21H42N2O2. The summed E-state index contributed by atoms with van der Waals surface area (Å²) >= 11 is 0. The molecule has 0 aromatic heterocycles. The molecule has 0 radical (unpaired) electrons. The van der Waals surface area contributed by atoms with Crippen molar-refractivity contribution in [3.05, 3.63) is 0 Å². The Kier molecular flexibility index (Phi) is 7.94. The van der Waals surface area contributed by atoms with Crippen molar-refractivity contribution in [3.63, 3.8) is 0 Å². The molecule has 148 valence electrons. The van der Waals surface area contributed by atoms with Gasteiger partial charge in [-0.1, -0.05) is 40.5 Å². The lowest BCUT2D eigenvalue weighted by Gasteiger charge is -2.53. The summed E-state index contributed by atoms with van der Waals surface area (Å²) in [7, 11) is 1.74. The van der Waals surface area contributed by atoms with Gasteiger partial charge in [0.15, 0.2) is 0 Å². The molecule has 0 aromatic rings. The van der Waals surface area contributed by atoms with Crippen LogP contribution in [-0.2, 0) is 9.63 Å². The highest BCUT2D eigenvalue weighted by molar-refractivity contribution is 5.76. The predicted molar refractivity (Wildman–Crippen MR) is 105 cm³/mol. The first-order valence-corrected chi connectivity index (χ1v) is 10.0. The van der Waals surface area contributed by atoms with E-state index < -0.39 is 0 Å². The number of nitrogens with zero attached hydrogens (tertiary/aromatic N) is 1. The molecule has 25 heavy (non-hydrogen) atoms. The van der Waals surface area contributed by atoms with E-state index >= 15 is 0 Å². The van der Waals surface area contributed by atoms with Crippen molar-refractivity contribution in [1.29, 1.82) is 0 Å². The first-order valence-electron chi connectivity index (χ1n) is 10.0. The van der Waals surface area contributed by atoms with E-state index in [1.54, 1.807) is 7.11 Å². The molecule has 1 aliphatic rings. The van der Waals surface area contributed by atoms with Crippen LogP contribution in [0.4, 0.5) is 0 Å². The fourth-order valence-corrected chi connectivity index (χ4v) is 4.52. The first-order chi connectivity index (χ1) is 11.4. The minimum atomic E-state index is -0.0926. The van der Waals surface area contributed by atoms with Crippen LogP contribution in [-0.4, -0.2) is 35.2 Å². The van der Waals surface area contributed by atoms with E-state index in [4.69, 9.17) is 4.84 Å². The number of nitrogens with one attached hydrogen (secondary N) is 1. The highest BCUT2D eigenvalue weighted by Crippen LogP contribution is 2.38. The maximum Gasteiger partial charge on any atom is 0.220 e. The Hall–Kier alpha value is -0.610. The van der Waals surface area contributed by atoms with Gasteiger partial charge < -0.3 is 10.2 Å². The van der Waals surface area contributed by atoms with Gasteiger partial charge in [-0.05, 0) is 58.3 Å². The topological polar surface area (TPSA) is 41.6 Å². The molecule has 0 aliphatic carbocycles. The molecule has 0 saturated carbocycles. The van der Waals surface area contributed by atoms with Crippen LogP contribution in [0, 0.1) is 17.8 Å². The standard InChI is InChI=1S/C21H42N2O2/c1-15(2)10-11-16(3)17(4)12-19(24)22-18-13-20(5,6)23(25-9)21(7,8)14-18/h15-18H,10-14H2,1-9H3,(H,22,24). The van der Waals surface area contributed by atoms with Gasteiger partial charge in [-0.2, -0.15) is 5.06 Å². The smallest absolute Gasteiger partial charge is 0.220 e. The molecular weight excluding hydrogens is 312 g/mol. The van der Waals surface area contributed by atoms with E-state index in [-0.39, 0.29) is 23.0 Å². The average Bonchev–Trinajstić information content (AvgIpc) is 2.41. The van der Waals surface area contributed by atoms with Crippen LogP contribution in [0.15, 0.2) is 0 Å². The second kappa shape index (κ2) is 8.85. The van der Waals surface area contributed by atoms with Crippen molar-refractivity contribution in [1.82, 2.24) is 10.4 Å². The van der Waals surface area contributed by atoms with Gasteiger partial charge in [0, 0.05) is 23.5 Å². The van der Waals surface area contributed by atoms with Gasteiger partial charge in [0.05, 0.1) is 7.11 Å². The third-order valence-electron chi connectivity index (χ3n) is 5.82. The number of piperidine rings is 1. The molecule has 2 atom stereocenters.